The molecule has 0 spiro atoms. The number of aromatic nitrogens is 1. The average molecular weight is 502 g/mol. The minimum atomic E-state index is -0.0975. The van der Waals surface area contributed by atoms with Crippen LogP contribution in [0.2, 0.25) is 0 Å². The predicted molar refractivity (Wildman–Crippen MR) is 164 cm³/mol. The van der Waals surface area contributed by atoms with Crippen molar-refractivity contribution in [3.05, 3.63) is 68.2 Å². The summed E-state index contributed by atoms with van der Waals surface area (Å²) in [6, 6.07) is 13.6. The van der Waals surface area contributed by atoms with Crippen molar-refractivity contribution in [1.29, 1.82) is 0 Å². The summed E-state index contributed by atoms with van der Waals surface area (Å²) in [5, 5.41) is 13.5. The third-order valence-corrected chi connectivity index (χ3v) is 9.37. The number of fused-ring (bicyclic) bond motifs is 3. The maximum Gasteiger partial charge on any atom is 0.262 e. The molecule has 6 aromatic carbocycles. The largest absolute Gasteiger partial charge is 0.271 e. The van der Waals surface area contributed by atoms with Crippen molar-refractivity contribution >= 4 is 64.6 Å². The molecule has 0 aliphatic heterocycles. The molecule has 38 heavy (non-hydrogen) atoms. The van der Waals surface area contributed by atoms with Crippen molar-refractivity contribution in [3.8, 4) is 0 Å². The lowest BCUT2D eigenvalue weighted by molar-refractivity contribution is 0.455. The zero-order valence-corrected chi connectivity index (χ0v) is 23.0. The summed E-state index contributed by atoms with van der Waals surface area (Å²) < 4.78 is 1.59. The Morgan fingerprint density at radius 1 is 0.579 bits per heavy atom. The molecule has 0 radical (unpaired) electrons. The summed E-state index contributed by atoms with van der Waals surface area (Å²) in [7, 11) is 0. The standard InChI is InChI=1S/C35H35NO2/c1-5-9-11-20-17-25-30-28-23(20)15-13-19-14-16-24-21(12-10-6-2)18-26(31(30)29(24)27(19)28)33-32(25)34(37)36(35(33)38)22(7-3)8-4/h13-18,22H,5-12H2,1-4H3. The molecule has 0 fully saturated rings. The van der Waals surface area contributed by atoms with E-state index >= 15 is 0 Å². The van der Waals surface area contributed by atoms with Crippen molar-refractivity contribution in [2.45, 2.75) is 85.1 Å². The van der Waals surface area contributed by atoms with Crippen LogP contribution in [0.1, 0.15) is 83.4 Å². The molecular weight excluding hydrogens is 466 g/mol. The van der Waals surface area contributed by atoms with Crippen molar-refractivity contribution in [2.24, 2.45) is 0 Å². The molecular formula is C35H35NO2. The molecule has 0 unspecified atom stereocenters. The first-order valence-corrected chi connectivity index (χ1v) is 14.7. The van der Waals surface area contributed by atoms with E-state index in [1.54, 1.807) is 4.57 Å². The molecule has 7 rings (SSSR count). The SMILES string of the molecule is CCCCc1cc2c3c(=O)n(C(CC)CC)c(=O)c3c3cc(CCCC)c4ccc5ccc1c1c5c4c3c21. The van der Waals surface area contributed by atoms with Gasteiger partial charge in [-0.1, -0.05) is 64.8 Å². The van der Waals surface area contributed by atoms with E-state index < -0.39 is 0 Å². The van der Waals surface area contributed by atoms with E-state index in [9.17, 15) is 9.59 Å². The smallest absolute Gasteiger partial charge is 0.262 e. The van der Waals surface area contributed by atoms with Crippen LogP contribution in [0, 0.1) is 0 Å². The lowest BCUT2D eigenvalue weighted by Gasteiger charge is -2.12. The third-order valence-electron chi connectivity index (χ3n) is 9.37. The number of hydrogen-bond donors (Lipinski definition) is 0. The Labute approximate surface area is 222 Å². The van der Waals surface area contributed by atoms with Gasteiger partial charge in [0.25, 0.3) is 11.1 Å². The molecule has 0 atom stereocenters. The van der Waals surface area contributed by atoms with Gasteiger partial charge < -0.3 is 0 Å². The van der Waals surface area contributed by atoms with Gasteiger partial charge in [-0.3, -0.25) is 14.2 Å². The van der Waals surface area contributed by atoms with E-state index in [4.69, 9.17) is 0 Å². The highest BCUT2D eigenvalue weighted by atomic mass is 16.2. The van der Waals surface area contributed by atoms with E-state index in [1.807, 2.05) is 0 Å². The van der Waals surface area contributed by atoms with Gasteiger partial charge in [0.2, 0.25) is 0 Å². The Morgan fingerprint density at radius 3 is 1.45 bits per heavy atom. The van der Waals surface area contributed by atoms with Crippen LogP contribution in [-0.2, 0) is 12.8 Å². The summed E-state index contributed by atoms with van der Waals surface area (Å²) in [4.78, 5) is 28.4. The third kappa shape index (κ3) is 2.85. The van der Waals surface area contributed by atoms with Gasteiger partial charge in [0.1, 0.15) is 0 Å². The number of benzene rings is 5. The monoisotopic (exact) mass is 501 g/mol. The number of aryl methyl sites for hydroxylation is 2. The topological polar surface area (TPSA) is 39.1 Å². The number of rotatable bonds is 9. The second-order valence-electron chi connectivity index (χ2n) is 11.4. The molecule has 0 saturated heterocycles. The van der Waals surface area contributed by atoms with Crippen molar-refractivity contribution in [3.63, 3.8) is 0 Å². The van der Waals surface area contributed by atoms with Crippen LogP contribution in [0.3, 0.4) is 0 Å². The van der Waals surface area contributed by atoms with Gasteiger partial charge in [0.05, 0.1) is 10.8 Å². The van der Waals surface area contributed by atoms with E-state index in [0.29, 0.717) is 10.8 Å². The zero-order chi connectivity index (χ0) is 26.3. The molecule has 0 saturated carbocycles. The van der Waals surface area contributed by atoms with E-state index in [0.717, 1.165) is 62.1 Å². The zero-order valence-electron chi connectivity index (χ0n) is 23.0. The molecule has 0 N–H and O–H groups in total. The molecule has 0 bridgehead atoms. The highest BCUT2D eigenvalue weighted by molar-refractivity contribution is 6.48. The lowest BCUT2D eigenvalue weighted by Crippen LogP contribution is -2.29. The van der Waals surface area contributed by atoms with Gasteiger partial charge in [0.15, 0.2) is 0 Å². The highest BCUT2D eigenvalue weighted by Gasteiger charge is 2.29. The molecule has 0 amide bonds. The number of hydrogen-bond acceptors (Lipinski definition) is 2. The summed E-state index contributed by atoms with van der Waals surface area (Å²) in [6.07, 6.45) is 7.96. The van der Waals surface area contributed by atoms with Crippen LogP contribution in [0.5, 0.6) is 0 Å². The van der Waals surface area contributed by atoms with Gasteiger partial charge in [-0.15, -0.1) is 0 Å². The summed E-state index contributed by atoms with van der Waals surface area (Å²) in [6.45, 7) is 8.61. The van der Waals surface area contributed by atoms with Crippen LogP contribution >= 0.6 is 0 Å². The Kier molecular flexibility index (Phi) is 5.30. The fourth-order valence-corrected chi connectivity index (χ4v) is 7.48. The Balaban J connectivity index is 1.80. The molecule has 192 valence electrons. The molecule has 3 heteroatoms. The van der Waals surface area contributed by atoms with E-state index in [2.05, 4.69) is 64.1 Å². The minimum Gasteiger partial charge on any atom is -0.271 e. The second-order valence-corrected chi connectivity index (χ2v) is 11.4. The maximum atomic E-state index is 14.2. The van der Waals surface area contributed by atoms with Gasteiger partial charge >= 0.3 is 0 Å². The fourth-order valence-electron chi connectivity index (χ4n) is 7.48. The van der Waals surface area contributed by atoms with Crippen LogP contribution in [0.25, 0.3) is 64.6 Å². The molecule has 1 heterocycles. The maximum absolute atomic E-state index is 14.2. The predicted octanol–water partition coefficient (Wildman–Crippen LogP) is 8.93. The first-order valence-electron chi connectivity index (χ1n) is 14.7. The lowest BCUT2D eigenvalue weighted by atomic mass is 9.90. The van der Waals surface area contributed by atoms with Gasteiger partial charge in [-0.25, -0.2) is 0 Å². The van der Waals surface area contributed by atoms with Crippen LogP contribution in [-0.4, -0.2) is 4.57 Å². The normalized spacial score (nSPS) is 13.0. The second kappa shape index (κ2) is 8.53. The van der Waals surface area contributed by atoms with Gasteiger partial charge in [-0.2, -0.15) is 0 Å². The summed E-state index contributed by atoms with van der Waals surface area (Å²) in [5.74, 6) is 0. The number of nitrogens with zero attached hydrogens (tertiary/aromatic N) is 1. The molecule has 7 aromatic rings. The average Bonchev–Trinajstić information content (AvgIpc) is 3.43. The van der Waals surface area contributed by atoms with Crippen LogP contribution < -0.4 is 11.1 Å². The fraction of sp³-hybridized carbons (Fsp3) is 0.371. The summed E-state index contributed by atoms with van der Waals surface area (Å²) in [5.41, 5.74) is 2.41. The van der Waals surface area contributed by atoms with Gasteiger partial charge in [0, 0.05) is 6.04 Å². The summed E-state index contributed by atoms with van der Waals surface area (Å²) >= 11 is 0. The molecule has 0 aliphatic carbocycles. The van der Waals surface area contributed by atoms with Crippen LogP contribution in [0.4, 0.5) is 0 Å². The minimum absolute atomic E-state index is 0.0715. The Bertz CT molecular complexity index is 1920. The van der Waals surface area contributed by atoms with Crippen molar-refractivity contribution in [1.82, 2.24) is 4.57 Å². The van der Waals surface area contributed by atoms with Crippen LogP contribution in [0.15, 0.2) is 46.0 Å². The highest BCUT2D eigenvalue weighted by Crippen LogP contribution is 2.51. The first kappa shape index (κ1) is 23.6. The van der Waals surface area contributed by atoms with E-state index in [-0.39, 0.29) is 17.2 Å². The Morgan fingerprint density at radius 2 is 1.03 bits per heavy atom. The van der Waals surface area contributed by atoms with Gasteiger partial charge in [-0.05, 0) is 116 Å². The van der Waals surface area contributed by atoms with Crippen molar-refractivity contribution < 1.29 is 0 Å². The molecule has 0 aliphatic rings. The van der Waals surface area contributed by atoms with Crippen molar-refractivity contribution in [2.75, 3.05) is 0 Å². The van der Waals surface area contributed by atoms with E-state index in [1.165, 1.54) is 54.2 Å². The Hall–Kier alpha value is -3.46. The number of unbranched alkanes of at least 4 members (excludes halogenated alkanes) is 2. The quantitative estimate of drug-likeness (QED) is 0.185. The molecule has 3 nitrogen and oxygen atoms in total. The molecule has 1 aromatic heterocycles. The first-order chi connectivity index (χ1) is 18.5.